The highest BCUT2D eigenvalue weighted by molar-refractivity contribution is 5.20. The average molecular weight is 226 g/mol. The molecule has 90 valence electrons. The first kappa shape index (κ1) is 13.1. The Morgan fingerprint density at radius 1 is 1.38 bits per heavy atom. The lowest BCUT2D eigenvalue weighted by atomic mass is 10.1. The molecule has 1 atom stereocenters. The molecular weight excluding hydrogens is 207 g/mol. The molecule has 1 rings (SSSR count). The van der Waals surface area contributed by atoms with Gasteiger partial charge in [-0.3, -0.25) is 0 Å². The summed E-state index contributed by atoms with van der Waals surface area (Å²) in [6.07, 6.45) is 1.66. The van der Waals surface area contributed by atoms with E-state index in [-0.39, 0.29) is 18.5 Å². The lowest BCUT2D eigenvalue weighted by molar-refractivity contribution is 0.282. The maximum atomic E-state index is 13.0. The first-order chi connectivity index (χ1) is 7.77. The second-order valence-electron chi connectivity index (χ2n) is 3.73. The minimum atomic E-state index is -0.242. The number of benzene rings is 1. The Balaban J connectivity index is 2.47. The molecule has 0 saturated carbocycles. The topological polar surface area (TPSA) is 58.3 Å². The zero-order valence-electron chi connectivity index (χ0n) is 9.32. The van der Waals surface area contributed by atoms with E-state index in [0.717, 1.165) is 24.9 Å². The van der Waals surface area contributed by atoms with Crippen molar-refractivity contribution in [3.8, 4) is 0 Å². The van der Waals surface area contributed by atoms with Gasteiger partial charge in [0.2, 0.25) is 0 Å². The zero-order valence-corrected chi connectivity index (χ0v) is 9.32. The minimum Gasteiger partial charge on any atom is -0.396 e. The van der Waals surface area contributed by atoms with Crippen molar-refractivity contribution in [3.05, 3.63) is 35.6 Å². The summed E-state index contributed by atoms with van der Waals surface area (Å²) in [6.45, 7) is 1.41. The molecule has 0 heterocycles. The minimum absolute atomic E-state index is 0.0191. The van der Waals surface area contributed by atoms with Crippen LogP contribution in [0.2, 0.25) is 0 Å². The number of hydrogen-bond donors (Lipinski definition) is 3. The number of aliphatic hydroxyl groups is 1. The number of rotatable bonds is 7. The van der Waals surface area contributed by atoms with Crippen LogP contribution in [-0.2, 0) is 0 Å². The molecule has 4 N–H and O–H groups in total. The number of aliphatic hydroxyl groups excluding tert-OH is 1. The summed E-state index contributed by atoms with van der Waals surface area (Å²) in [6, 6.07) is 6.44. The molecule has 1 aromatic rings. The number of unbranched alkanes of at least 4 members (excludes halogenated alkanes) is 1. The highest BCUT2D eigenvalue weighted by Gasteiger charge is 2.08. The van der Waals surface area contributed by atoms with Gasteiger partial charge in [0, 0.05) is 19.2 Å². The fourth-order valence-corrected chi connectivity index (χ4v) is 1.57. The van der Waals surface area contributed by atoms with Gasteiger partial charge in [-0.1, -0.05) is 12.1 Å². The lowest BCUT2D eigenvalue weighted by Crippen LogP contribution is -2.29. The Kier molecular flexibility index (Phi) is 6.00. The lowest BCUT2D eigenvalue weighted by Gasteiger charge is -2.17. The second kappa shape index (κ2) is 7.33. The van der Waals surface area contributed by atoms with Gasteiger partial charge >= 0.3 is 0 Å². The summed E-state index contributed by atoms with van der Waals surface area (Å²) in [5.41, 5.74) is 6.50. The average Bonchev–Trinajstić information content (AvgIpc) is 2.29. The number of hydrogen-bond acceptors (Lipinski definition) is 3. The molecule has 0 aliphatic rings. The first-order valence-corrected chi connectivity index (χ1v) is 5.57. The Morgan fingerprint density at radius 3 is 2.81 bits per heavy atom. The Hall–Kier alpha value is -0.970. The molecule has 0 fully saturated rings. The van der Waals surface area contributed by atoms with E-state index in [1.807, 2.05) is 6.07 Å². The van der Waals surface area contributed by atoms with Gasteiger partial charge in [0.15, 0.2) is 0 Å². The van der Waals surface area contributed by atoms with Gasteiger partial charge in [0.05, 0.1) is 0 Å². The molecule has 4 heteroatoms. The fourth-order valence-electron chi connectivity index (χ4n) is 1.57. The van der Waals surface area contributed by atoms with Gasteiger partial charge in [-0.25, -0.2) is 4.39 Å². The maximum Gasteiger partial charge on any atom is 0.123 e. The first-order valence-electron chi connectivity index (χ1n) is 5.57. The van der Waals surface area contributed by atoms with E-state index in [0.29, 0.717) is 6.54 Å². The molecule has 0 aliphatic carbocycles. The quantitative estimate of drug-likeness (QED) is 0.612. The van der Waals surface area contributed by atoms with E-state index >= 15 is 0 Å². The molecule has 1 unspecified atom stereocenters. The maximum absolute atomic E-state index is 13.0. The SMILES string of the molecule is NCC(NCCCCO)c1cccc(F)c1. The van der Waals surface area contributed by atoms with E-state index in [2.05, 4.69) is 5.32 Å². The smallest absolute Gasteiger partial charge is 0.123 e. The fraction of sp³-hybridized carbons (Fsp3) is 0.500. The van der Waals surface area contributed by atoms with Crippen LogP contribution < -0.4 is 11.1 Å². The Labute approximate surface area is 95.5 Å². The van der Waals surface area contributed by atoms with E-state index in [4.69, 9.17) is 10.8 Å². The number of halogens is 1. The standard InChI is InChI=1S/C12H19FN2O/c13-11-5-3-4-10(8-11)12(9-14)15-6-1-2-7-16/h3-5,8,12,15-16H,1-2,6-7,9,14H2. The predicted molar refractivity (Wildman–Crippen MR) is 62.5 cm³/mol. The van der Waals surface area contributed by atoms with Crippen molar-refractivity contribution in [2.75, 3.05) is 19.7 Å². The Bertz CT molecular complexity index is 307. The van der Waals surface area contributed by atoms with Crippen molar-refractivity contribution in [3.63, 3.8) is 0 Å². The van der Waals surface area contributed by atoms with Crippen LogP contribution in [0.3, 0.4) is 0 Å². The third-order valence-corrected chi connectivity index (χ3v) is 2.46. The molecule has 16 heavy (non-hydrogen) atoms. The van der Waals surface area contributed by atoms with Crippen LogP contribution >= 0.6 is 0 Å². The third-order valence-electron chi connectivity index (χ3n) is 2.46. The molecule has 0 radical (unpaired) electrons. The zero-order chi connectivity index (χ0) is 11.8. The van der Waals surface area contributed by atoms with Crippen LogP contribution in [0.15, 0.2) is 24.3 Å². The van der Waals surface area contributed by atoms with Gasteiger partial charge in [0.25, 0.3) is 0 Å². The molecule has 0 spiro atoms. The summed E-state index contributed by atoms with van der Waals surface area (Å²) in [4.78, 5) is 0. The van der Waals surface area contributed by atoms with Crippen molar-refractivity contribution < 1.29 is 9.50 Å². The molecule has 0 saturated heterocycles. The van der Waals surface area contributed by atoms with Gasteiger partial charge in [-0.15, -0.1) is 0 Å². The number of nitrogens with one attached hydrogen (secondary N) is 1. The van der Waals surface area contributed by atoms with Gasteiger partial charge in [-0.05, 0) is 37.1 Å². The predicted octanol–water partition coefficient (Wildman–Crippen LogP) is 1.19. The van der Waals surface area contributed by atoms with Gasteiger partial charge in [0.1, 0.15) is 5.82 Å². The van der Waals surface area contributed by atoms with Crippen LogP contribution in [0, 0.1) is 5.82 Å². The van der Waals surface area contributed by atoms with Crippen LogP contribution in [0.25, 0.3) is 0 Å². The van der Waals surface area contributed by atoms with E-state index in [1.54, 1.807) is 6.07 Å². The van der Waals surface area contributed by atoms with Crippen LogP contribution in [0.4, 0.5) is 4.39 Å². The van der Waals surface area contributed by atoms with Crippen molar-refractivity contribution >= 4 is 0 Å². The summed E-state index contributed by atoms with van der Waals surface area (Å²) in [5.74, 6) is -0.242. The van der Waals surface area contributed by atoms with Crippen LogP contribution in [0.1, 0.15) is 24.4 Å². The third kappa shape index (κ3) is 4.26. The number of nitrogens with two attached hydrogens (primary N) is 1. The monoisotopic (exact) mass is 226 g/mol. The molecule has 0 bridgehead atoms. The molecule has 1 aromatic carbocycles. The normalized spacial score (nSPS) is 12.7. The molecule has 0 aliphatic heterocycles. The van der Waals surface area contributed by atoms with E-state index in [9.17, 15) is 4.39 Å². The Morgan fingerprint density at radius 2 is 2.19 bits per heavy atom. The van der Waals surface area contributed by atoms with Gasteiger partial charge < -0.3 is 16.2 Å². The van der Waals surface area contributed by atoms with Gasteiger partial charge in [-0.2, -0.15) is 0 Å². The van der Waals surface area contributed by atoms with Crippen molar-refractivity contribution in [1.82, 2.24) is 5.32 Å². The highest BCUT2D eigenvalue weighted by atomic mass is 19.1. The molecular formula is C12H19FN2O. The molecule has 0 aromatic heterocycles. The summed E-state index contributed by atoms with van der Waals surface area (Å²) in [5, 5.41) is 11.9. The summed E-state index contributed by atoms with van der Waals surface area (Å²) in [7, 11) is 0. The van der Waals surface area contributed by atoms with E-state index < -0.39 is 0 Å². The highest BCUT2D eigenvalue weighted by Crippen LogP contribution is 2.12. The molecule has 3 nitrogen and oxygen atoms in total. The van der Waals surface area contributed by atoms with Crippen molar-refractivity contribution in [1.29, 1.82) is 0 Å². The van der Waals surface area contributed by atoms with E-state index in [1.165, 1.54) is 12.1 Å². The summed E-state index contributed by atoms with van der Waals surface area (Å²) >= 11 is 0. The molecule has 0 amide bonds. The van der Waals surface area contributed by atoms with Crippen molar-refractivity contribution in [2.45, 2.75) is 18.9 Å². The van der Waals surface area contributed by atoms with Crippen molar-refractivity contribution in [2.24, 2.45) is 5.73 Å². The van der Waals surface area contributed by atoms with Crippen LogP contribution in [0.5, 0.6) is 0 Å². The second-order valence-corrected chi connectivity index (χ2v) is 3.73. The van der Waals surface area contributed by atoms with Crippen LogP contribution in [-0.4, -0.2) is 24.8 Å². The summed E-state index contributed by atoms with van der Waals surface area (Å²) < 4.78 is 13.0. The largest absolute Gasteiger partial charge is 0.396 e.